The van der Waals surface area contributed by atoms with E-state index in [1.54, 1.807) is 24.3 Å². The second-order valence-corrected chi connectivity index (χ2v) is 10.6. The molecule has 0 spiro atoms. The highest BCUT2D eigenvalue weighted by molar-refractivity contribution is 6.34. The molecule has 5 rings (SSSR count). The van der Waals surface area contributed by atoms with Crippen LogP contribution in [-0.2, 0) is 9.53 Å². The zero-order chi connectivity index (χ0) is 28.1. The van der Waals surface area contributed by atoms with E-state index in [0.29, 0.717) is 48.5 Å². The first-order chi connectivity index (χ1) is 19.4. The number of carbonyl (C=O) groups excluding carboxylic acids is 2. The Bertz CT molecular complexity index is 1400. The number of ether oxygens (including phenoxy) is 1. The third-order valence-electron chi connectivity index (χ3n) is 7.08. The van der Waals surface area contributed by atoms with E-state index < -0.39 is 17.8 Å². The van der Waals surface area contributed by atoms with Crippen molar-refractivity contribution in [3.05, 3.63) is 105 Å². The van der Waals surface area contributed by atoms with Crippen LogP contribution in [0.15, 0.2) is 77.9 Å². The summed E-state index contributed by atoms with van der Waals surface area (Å²) in [7, 11) is 0. The molecule has 0 bridgehead atoms. The highest BCUT2D eigenvalue weighted by atomic mass is 35.5. The lowest BCUT2D eigenvalue weighted by molar-refractivity contribution is -0.133. The molecule has 0 N–H and O–H groups in total. The van der Waals surface area contributed by atoms with Crippen LogP contribution in [0.1, 0.15) is 33.9 Å². The van der Waals surface area contributed by atoms with Gasteiger partial charge in [-0.1, -0.05) is 59.6 Å². The van der Waals surface area contributed by atoms with E-state index in [-0.39, 0.29) is 18.0 Å². The molecule has 2 aliphatic heterocycles. The molecule has 208 valence electrons. The number of hydrazone groups is 1. The Hall–Kier alpha value is -3.30. The molecule has 1 saturated heterocycles. The van der Waals surface area contributed by atoms with Crippen LogP contribution in [0, 0.1) is 5.82 Å². The van der Waals surface area contributed by atoms with Gasteiger partial charge in [-0.05, 0) is 42.0 Å². The summed E-state index contributed by atoms with van der Waals surface area (Å²) < 4.78 is 19.4. The van der Waals surface area contributed by atoms with Crippen LogP contribution in [0.2, 0.25) is 10.0 Å². The maximum absolute atomic E-state index is 14.0. The summed E-state index contributed by atoms with van der Waals surface area (Å²) in [6.45, 7) is 3.36. The maximum Gasteiger partial charge on any atom is 0.262 e. The first-order valence-electron chi connectivity index (χ1n) is 13.1. The third kappa shape index (κ3) is 6.70. The van der Waals surface area contributed by atoms with E-state index in [2.05, 4.69) is 4.90 Å². The number of benzene rings is 3. The van der Waals surface area contributed by atoms with Gasteiger partial charge in [0, 0.05) is 53.8 Å². The maximum atomic E-state index is 14.0. The average molecular weight is 583 g/mol. The summed E-state index contributed by atoms with van der Waals surface area (Å²) in [5.41, 5.74) is 2.47. The summed E-state index contributed by atoms with van der Waals surface area (Å²) in [6.07, 6.45) is 0.447. The van der Waals surface area contributed by atoms with Crippen molar-refractivity contribution in [2.24, 2.45) is 5.10 Å². The molecule has 2 amide bonds. The first-order valence-corrected chi connectivity index (χ1v) is 13.9. The minimum Gasteiger partial charge on any atom is -0.379 e. The summed E-state index contributed by atoms with van der Waals surface area (Å²) in [5, 5.41) is 7.27. The monoisotopic (exact) mass is 582 g/mol. The highest BCUT2D eigenvalue weighted by Crippen LogP contribution is 2.35. The van der Waals surface area contributed by atoms with E-state index in [1.165, 1.54) is 28.1 Å². The van der Waals surface area contributed by atoms with Crippen LogP contribution < -0.4 is 0 Å². The van der Waals surface area contributed by atoms with Gasteiger partial charge in [-0.15, -0.1) is 0 Å². The van der Waals surface area contributed by atoms with Crippen LogP contribution in [0.5, 0.6) is 0 Å². The number of halogens is 3. The van der Waals surface area contributed by atoms with Gasteiger partial charge in [0.15, 0.2) is 0 Å². The van der Waals surface area contributed by atoms with Crippen molar-refractivity contribution in [3.8, 4) is 0 Å². The van der Waals surface area contributed by atoms with Crippen LogP contribution in [0.25, 0.3) is 0 Å². The number of amides is 2. The topological polar surface area (TPSA) is 65.5 Å². The Morgan fingerprint density at radius 2 is 1.75 bits per heavy atom. The first kappa shape index (κ1) is 28.2. The molecule has 0 radical (unpaired) electrons. The largest absolute Gasteiger partial charge is 0.379 e. The fraction of sp³-hybridized carbons (Fsp3) is 0.300. The SMILES string of the molecule is O=C(c1cccc(F)c1)N(CCN1CCOCC1)CC(=O)N1N=C(c2ccccc2Cl)C[C@@H]1c1ccc(Cl)cc1. The van der Waals surface area contributed by atoms with Gasteiger partial charge >= 0.3 is 0 Å². The molecule has 3 aromatic rings. The highest BCUT2D eigenvalue weighted by Gasteiger charge is 2.35. The van der Waals surface area contributed by atoms with Gasteiger partial charge in [0.1, 0.15) is 12.4 Å². The average Bonchev–Trinajstić information content (AvgIpc) is 3.41. The van der Waals surface area contributed by atoms with Gasteiger partial charge in [-0.2, -0.15) is 5.10 Å². The summed E-state index contributed by atoms with van der Waals surface area (Å²) in [6, 6.07) is 19.8. The van der Waals surface area contributed by atoms with Crippen LogP contribution in [0.4, 0.5) is 4.39 Å². The number of morpholine rings is 1. The Labute approximate surface area is 242 Å². The molecule has 0 unspecified atom stereocenters. The molecule has 0 saturated carbocycles. The minimum atomic E-state index is -0.512. The van der Waals surface area contributed by atoms with Gasteiger partial charge in [0.05, 0.1) is 25.0 Å². The predicted octanol–water partition coefficient (Wildman–Crippen LogP) is 5.28. The number of hydrogen-bond acceptors (Lipinski definition) is 5. The molecule has 1 atom stereocenters. The van der Waals surface area contributed by atoms with Crippen molar-refractivity contribution in [1.29, 1.82) is 0 Å². The molecule has 0 aromatic heterocycles. The summed E-state index contributed by atoms with van der Waals surface area (Å²) in [4.78, 5) is 31.0. The molecule has 0 aliphatic carbocycles. The lowest BCUT2D eigenvalue weighted by atomic mass is 9.98. The van der Waals surface area contributed by atoms with Gasteiger partial charge in [-0.3, -0.25) is 14.5 Å². The van der Waals surface area contributed by atoms with Gasteiger partial charge in [0.2, 0.25) is 0 Å². The number of hydrogen-bond donors (Lipinski definition) is 0. The quantitative estimate of drug-likeness (QED) is 0.362. The van der Waals surface area contributed by atoms with Crippen molar-refractivity contribution < 1.29 is 18.7 Å². The Morgan fingerprint density at radius 1 is 1.00 bits per heavy atom. The van der Waals surface area contributed by atoms with E-state index in [9.17, 15) is 14.0 Å². The molecular formula is C30H29Cl2FN4O3. The number of carbonyl (C=O) groups is 2. The standard InChI is InChI=1S/C30H29Cl2FN4O3/c31-23-10-8-21(9-11-23)28-19-27(25-6-1-2-7-26(25)32)34-37(28)29(38)20-36(13-12-35-14-16-40-17-15-35)30(39)22-4-3-5-24(33)18-22/h1-11,18,28H,12-17,19-20H2/t28-/m1/s1. The van der Waals surface area contributed by atoms with Gasteiger partial charge in [-0.25, -0.2) is 9.40 Å². The smallest absolute Gasteiger partial charge is 0.262 e. The molecular weight excluding hydrogens is 554 g/mol. The lowest BCUT2D eigenvalue weighted by Crippen LogP contribution is -2.46. The molecule has 10 heteroatoms. The Kier molecular flexibility index (Phi) is 9.11. The summed E-state index contributed by atoms with van der Waals surface area (Å²) in [5.74, 6) is -1.28. The van der Waals surface area contributed by atoms with Gasteiger partial charge < -0.3 is 9.64 Å². The molecule has 1 fully saturated rings. The fourth-order valence-corrected chi connectivity index (χ4v) is 5.29. The number of nitrogens with zero attached hydrogens (tertiary/aromatic N) is 4. The van der Waals surface area contributed by atoms with E-state index in [1.807, 2.05) is 30.3 Å². The zero-order valence-corrected chi connectivity index (χ0v) is 23.3. The second kappa shape index (κ2) is 12.9. The normalized spacial score (nSPS) is 17.5. The van der Waals surface area contributed by atoms with Crippen molar-refractivity contribution in [1.82, 2.24) is 14.8 Å². The molecule has 40 heavy (non-hydrogen) atoms. The third-order valence-corrected chi connectivity index (χ3v) is 7.66. The minimum absolute atomic E-state index is 0.186. The zero-order valence-electron chi connectivity index (χ0n) is 21.8. The Morgan fingerprint density at radius 3 is 2.48 bits per heavy atom. The lowest BCUT2D eigenvalue weighted by Gasteiger charge is -2.31. The fourth-order valence-electron chi connectivity index (χ4n) is 4.92. The number of rotatable bonds is 8. The van der Waals surface area contributed by atoms with E-state index >= 15 is 0 Å². The van der Waals surface area contributed by atoms with E-state index in [0.717, 1.165) is 24.2 Å². The molecule has 2 aliphatic rings. The predicted molar refractivity (Wildman–Crippen MR) is 153 cm³/mol. The van der Waals surface area contributed by atoms with Crippen molar-refractivity contribution in [2.75, 3.05) is 45.9 Å². The van der Waals surface area contributed by atoms with Crippen LogP contribution >= 0.6 is 23.2 Å². The van der Waals surface area contributed by atoms with Crippen molar-refractivity contribution in [2.45, 2.75) is 12.5 Å². The molecule has 7 nitrogen and oxygen atoms in total. The Balaban J connectivity index is 1.42. The van der Waals surface area contributed by atoms with Gasteiger partial charge in [0.25, 0.3) is 11.8 Å². The van der Waals surface area contributed by atoms with Crippen molar-refractivity contribution >= 4 is 40.7 Å². The van der Waals surface area contributed by atoms with Crippen LogP contribution in [-0.4, -0.2) is 78.3 Å². The van der Waals surface area contributed by atoms with E-state index in [4.69, 9.17) is 33.0 Å². The summed E-state index contributed by atoms with van der Waals surface area (Å²) >= 11 is 12.6. The second-order valence-electron chi connectivity index (χ2n) is 9.73. The molecule has 3 aromatic carbocycles. The molecule has 2 heterocycles. The van der Waals surface area contributed by atoms with Crippen molar-refractivity contribution in [3.63, 3.8) is 0 Å². The van der Waals surface area contributed by atoms with Crippen LogP contribution in [0.3, 0.4) is 0 Å².